The van der Waals surface area contributed by atoms with Crippen LogP contribution in [0.2, 0.25) is 0 Å². The highest BCUT2D eigenvalue weighted by atomic mass is 16.5. The molecule has 2 aliphatic heterocycles. The molecule has 0 aliphatic carbocycles. The van der Waals surface area contributed by atoms with Crippen molar-refractivity contribution in [1.82, 2.24) is 9.80 Å². The number of ether oxygens (including phenoxy) is 1. The van der Waals surface area contributed by atoms with Crippen LogP contribution < -0.4 is 9.64 Å². The predicted octanol–water partition coefficient (Wildman–Crippen LogP) is 6.38. The number of carbonyl (C=O) groups is 1. The van der Waals surface area contributed by atoms with Gasteiger partial charge in [0.25, 0.3) is 5.91 Å². The molecule has 1 fully saturated rings. The van der Waals surface area contributed by atoms with Gasteiger partial charge in [-0.05, 0) is 66.4 Å². The van der Waals surface area contributed by atoms with Gasteiger partial charge in [-0.3, -0.25) is 9.69 Å². The van der Waals surface area contributed by atoms with Crippen LogP contribution in [0.15, 0.2) is 78.9 Å². The summed E-state index contributed by atoms with van der Waals surface area (Å²) in [5, 5.41) is 0. The number of nitrogens with zero attached hydrogens (tertiary/aromatic N) is 3. The Kier molecular flexibility index (Phi) is 8.21. The molecule has 37 heavy (non-hydrogen) atoms. The fraction of sp³-hybridized carbons (Fsp3) is 0.344. The number of rotatable bonds is 8. The Morgan fingerprint density at radius 1 is 0.919 bits per heavy atom. The van der Waals surface area contributed by atoms with Crippen molar-refractivity contribution in [2.45, 2.75) is 32.7 Å². The summed E-state index contributed by atoms with van der Waals surface area (Å²) in [6, 6.07) is 25.0. The normalized spacial score (nSPS) is 15.8. The van der Waals surface area contributed by atoms with Crippen LogP contribution in [-0.4, -0.2) is 55.0 Å². The summed E-state index contributed by atoms with van der Waals surface area (Å²) in [5.41, 5.74) is 5.55. The maximum absolute atomic E-state index is 13.3. The third kappa shape index (κ3) is 6.23. The van der Waals surface area contributed by atoms with Gasteiger partial charge in [0.2, 0.25) is 0 Å². The first kappa shape index (κ1) is 25.1. The standard InChI is InChI=1S/C32H37N3O2/c1-2-3-23-37-30-12-6-9-26(24-30)25-33-18-8-19-34(22-21-33)32(36)28-14-16-29(17-15-28)35-20-7-11-27-10-4-5-13-31(27)35/h4-7,9-17,24H,2-3,8,18-23,25H2,1H3. The third-order valence-electron chi connectivity index (χ3n) is 7.19. The molecule has 5 heteroatoms. The van der Waals surface area contributed by atoms with Crippen molar-refractivity contribution in [2.24, 2.45) is 0 Å². The molecule has 2 heterocycles. The van der Waals surface area contributed by atoms with Crippen molar-refractivity contribution < 1.29 is 9.53 Å². The number of unbranched alkanes of at least 4 members (excludes halogenated alkanes) is 1. The van der Waals surface area contributed by atoms with Gasteiger partial charge in [0.15, 0.2) is 0 Å². The van der Waals surface area contributed by atoms with Crippen molar-refractivity contribution in [1.29, 1.82) is 0 Å². The molecule has 0 radical (unpaired) electrons. The quantitative estimate of drug-likeness (QED) is 0.340. The molecule has 2 aliphatic rings. The molecule has 0 bridgehead atoms. The molecule has 0 saturated carbocycles. The van der Waals surface area contributed by atoms with E-state index in [0.29, 0.717) is 0 Å². The van der Waals surface area contributed by atoms with Gasteiger partial charge in [-0.1, -0.05) is 55.8 Å². The zero-order valence-corrected chi connectivity index (χ0v) is 21.8. The summed E-state index contributed by atoms with van der Waals surface area (Å²) in [6.07, 6.45) is 7.54. The van der Waals surface area contributed by atoms with Crippen molar-refractivity contribution >= 4 is 23.4 Å². The van der Waals surface area contributed by atoms with E-state index in [2.05, 4.69) is 83.5 Å². The molecule has 0 atom stereocenters. The molecular weight excluding hydrogens is 458 g/mol. The number of anilines is 2. The minimum absolute atomic E-state index is 0.124. The number of carbonyl (C=O) groups excluding carboxylic acids is 1. The van der Waals surface area contributed by atoms with E-state index in [1.807, 2.05) is 23.1 Å². The van der Waals surface area contributed by atoms with Crippen molar-refractivity contribution in [3.05, 3.63) is 95.6 Å². The highest BCUT2D eigenvalue weighted by molar-refractivity contribution is 5.94. The number of hydrogen-bond donors (Lipinski definition) is 0. The molecule has 3 aromatic carbocycles. The zero-order chi connectivity index (χ0) is 25.5. The Bertz CT molecular complexity index is 1220. The lowest BCUT2D eigenvalue weighted by Gasteiger charge is -2.28. The van der Waals surface area contributed by atoms with Gasteiger partial charge >= 0.3 is 0 Å². The molecule has 1 amide bonds. The van der Waals surface area contributed by atoms with Gasteiger partial charge in [0.05, 0.1) is 6.61 Å². The second kappa shape index (κ2) is 12.1. The van der Waals surface area contributed by atoms with Crippen LogP contribution >= 0.6 is 0 Å². The molecule has 5 nitrogen and oxygen atoms in total. The molecule has 0 spiro atoms. The number of amides is 1. The van der Waals surface area contributed by atoms with Gasteiger partial charge in [0, 0.05) is 56.2 Å². The van der Waals surface area contributed by atoms with Crippen molar-refractivity contribution in [3.8, 4) is 5.75 Å². The van der Waals surface area contributed by atoms with Crippen LogP contribution in [0, 0.1) is 0 Å². The number of benzene rings is 3. The minimum Gasteiger partial charge on any atom is -0.494 e. The Balaban J connectivity index is 1.18. The number of para-hydroxylation sites is 1. The van der Waals surface area contributed by atoms with E-state index in [4.69, 9.17) is 4.74 Å². The summed E-state index contributed by atoms with van der Waals surface area (Å²) >= 11 is 0. The summed E-state index contributed by atoms with van der Waals surface area (Å²) < 4.78 is 5.89. The van der Waals surface area contributed by atoms with E-state index >= 15 is 0 Å². The molecule has 0 N–H and O–H groups in total. The molecule has 3 aromatic rings. The fourth-order valence-corrected chi connectivity index (χ4v) is 5.13. The Morgan fingerprint density at radius 2 is 1.78 bits per heavy atom. The van der Waals surface area contributed by atoms with E-state index in [-0.39, 0.29) is 5.91 Å². The average molecular weight is 496 g/mol. The van der Waals surface area contributed by atoms with Crippen LogP contribution in [0.25, 0.3) is 6.08 Å². The minimum atomic E-state index is 0.124. The monoisotopic (exact) mass is 495 g/mol. The summed E-state index contributed by atoms with van der Waals surface area (Å²) in [6.45, 7) is 8.07. The van der Waals surface area contributed by atoms with E-state index in [1.165, 1.54) is 16.8 Å². The van der Waals surface area contributed by atoms with Gasteiger partial charge in [-0.2, -0.15) is 0 Å². The van der Waals surface area contributed by atoms with Crippen LogP contribution in [-0.2, 0) is 6.54 Å². The van der Waals surface area contributed by atoms with Gasteiger partial charge < -0.3 is 14.5 Å². The summed E-state index contributed by atoms with van der Waals surface area (Å²) in [7, 11) is 0. The Labute approximate surface area is 221 Å². The summed E-state index contributed by atoms with van der Waals surface area (Å²) in [4.78, 5) is 20.1. The SMILES string of the molecule is CCCCOc1cccc(CN2CCCN(C(=O)c3ccc(N4CC=Cc5ccccc54)cc3)CC2)c1. The maximum atomic E-state index is 13.3. The molecule has 1 saturated heterocycles. The van der Waals surface area contributed by atoms with Crippen LogP contribution in [0.1, 0.15) is 47.7 Å². The van der Waals surface area contributed by atoms with E-state index in [0.717, 1.165) is 82.1 Å². The Morgan fingerprint density at radius 3 is 2.65 bits per heavy atom. The highest BCUT2D eigenvalue weighted by Crippen LogP contribution is 2.32. The molecule has 0 aromatic heterocycles. The smallest absolute Gasteiger partial charge is 0.253 e. The van der Waals surface area contributed by atoms with Crippen molar-refractivity contribution in [2.75, 3.05) is 44.2 Å². The van der Waals surface area contributed by atoms with E-state index in [9.17, 15) is 4.79 Å². The lowest BCUT2D eigenvalue weighted by molar-refractivity contribution is 0.0761. The topological polar surface area (TPSA) is 36.0 Å². The van der Waals surface area contributed by atoms with Crippen LogP contribution in [0.5, 0.6) is 5.75 Å². The van der Waals surface area contributed by atoms with Gasteiger partial charge in [-0.15, -0.1) is 0 Å². The second-order valence-corrected chi connectivity index (χ2v) is 9.89. The fourth-order valence-electron chi connectivity index (χ4n) is 5.13. The second-order valence-electron chi connectivity index (χ2n) is 9.89. The first-order valence-electron chi connectivity index (χ1n) is 13.6. The lowest BCUT2D eigenvalue weighted by Crippen LogP contribution is -2.35. The van der Waals surface area contributed by atoms with Crippen LogP contribution in [0.3, 0.4) is 0 Å². The van der Waals surface area contributed by atoms with Gasteiger partial charge in [-0.25, -0.2) is 0 Å². The van der Waals surface area contributed by atoms with E-state index in [1.54, 1.807) is 0 Å². The van der Waals surface area contributed by atoms with E-state index < -0.39 is 0 Å². The van der Waals surface area contributed by atoms with Crippen LogP contribution in [0.4, 0.5) is 11.4 Å². The number of fused-ring (bicyclic) bond motifs is 1. The predicted molar refractivity (Wildman–Crippen MR) is 152 cm³/mol. The maximum Gasteiger partial charge on any atom is 0.253 e. The van der Waals surface area contributed by atoms with Crippen molar-refractivity contribution in [3.63, 3.8) is 0 Å². The highest BCUT2D eigenvalue weighted by Gasteiger charge is 2.21. The number of hydrogen-bond acceptors (Lipinski definition) is 4. The van der Waals surface area contributed by atoms with Gasteiger partial charge in [0.1, 0.15) is 5.75 Å². The molecule has 0 unspecified atom stereocenters. The third-order valence-corrected chi connectivity index (χ3v) is 7.19. The first-order valence-corrected chi connectivity index (χ1v) is 13.6. The zero-order valence-electron chi connectivity index (χ0n) is 21.8. The molecule has 192 valence electrons. The lowest BCUT2D eigenvalue weighted by atomic mass is 10.1. The first-order chi connectivity index (χ1) is 18.2. The summed E-state index contributed by atoms with van der Waals surface area (Å²) in [5.74, 6) is 1.07. The Hall–Kier alpha value is -3.57. The molecule has 5 rings (SSSR count). The largest absolute Gasteiger partial charge is 0.494 e. The average Bonchev–Trinajstić information content (AvgIpc) is 3.18. The molecular formula is C32H37N3O2.